The number of amides is 3. The molecule has 1 N–H and O–H groups in total. The third kappa shape index (κ3) is 8.26. The first-order valence-electron chi connectivity index (χ1n) is 14.5. The molecule has 7 nitrogen and oxygen atoms in total. The Morgan fingerprint density at radius 2 is 1.66 bits per heavy atom. The molecule has 220 valence electrons. The SMILES string of the molecule is COc1ccc(CCN(Cc2ccc(C)s2)C(=O)CN(C(=O)Nc2ccc(C)c(C)c2)C2CCCCC2)cc1OC. The van der Waals surface area contributed by atoms with Crippen molar-refractivity contribution in [2.24, 2.45) is 0 Å². The number of carbonyl (C=O) groups excluding carboxylic acids is 2. The molecular weight excluding hydrogens is 534 g/mol. The van der Waals surface area contributed by atoms with Crippen LogP contribution in [0.1, 0.15) is 58.5 Å². The quantitative estimate of drug-likeness (QED) is 0.263. The number of aryl methyl sites for hydroxylation is 3. The molecule has 0 unspecified atom stereocenters. The molecule has 1 heterocycles. The third-order valence-electron chi connectivity index (χ3n) is 7.95. The topological polar surface area (TPSA) is 71.1 Å². The van der Waals surface area contributed by atoms with E-state index in [1.54, 1.807) is 30.5 Å². The molecule has 3 aromatic rings. The third-order valence-corrected chi connectivity index (χ3v) is 8.94. The average molecular weight is 578 g/mol. The van der Waals surface area contributed by atoms with Gasteiger partial charge in [0, 0.05) is 28.0 Å². The molecule has 8 heteroatoms. The number of carbonyl (C=O) groups is 2. The Labute approximate surface area is 248 Å². The van der Waals surface area contributed by atoms with E-state index in [1.807, 2.05) is 48.2 Å². The summed E-state index contributed by atoms with van der Waals surface area (Å²) in [6, 6.07) is 15.8. The first-order chi connectivity index (χ1) is 19.8. The molecule has 0 atom stereocenters. The van der Waals surface area contributed by atoms with Gasteiger partial charge in [0.05, 0.1) is 20.8 Å². The molecule has 2 aromatic carbocycles. The predicted octanol–water partition coefficient (Wildman–Crippen LogP) is 7.13. The van der Waals surface area contributed by atoms with Gasteiger partial charge in [-0.05, 0) is 93.1 Å². The maximum absolute atomic E-state index is 14.0. The lowest BCUT2D eigenvalue weighted by Crippen LogP contribution is -2.49. The molecule has 1 aliphatic carbocycles. The molecular formula is C33H43N3O4S. The van der Waals surface area contributed by atoms with Crippen molar-refractivity contribution in [1.82, 2.24) is 9.80 Å². The Kier molecular flexibility index (Phi) is 10.7. The fourth-order valence-corrected chi connectivity index (χ4v) is 6.28. The van der Waals surface area contributed by atoms with E-state index < -0.39 is 0 Å². The van der Waals surface area contributed by atoms with E-state index in [0.29, 0.717) is 31.0 Å². The number of ether oxygens (including phenoxy) is 2. The number of methoxy groups -OCH3 is 2. The van der Waals surface area contributed by atoms with Gasteiger partial charge in [0.2, 0.25) is 5.91 Å². The first-order valence-corrected chi connectivity index (χ1v) is 15.3. The highest BCUT2D eigenvalue weighted by molar-refractivity contribution is 7.11. The standard InChI is InChI=1S/C33H43N3O4S/c1-23-11-14-27(19-24(23)2)34-33(38)36(28-9-7-6-8-10-28)22-32(37)35(21-29-15-12-25(3)41-29)18-17-26-13-16-30(39-4)31(20-26)40-5/h11-16,19-20,28H,6-10,17-18,21-22H2,1-5H3,(H,34,38). The maximum Gasteiger partial charge on any atom is 0.322 e. The van der Waals surface area contributed by atoms with Crippen molar-refractivity contribution < 1.29 is 19.1 Å². The van der Waals surface area contributed by atoms with Gasteiger partial charge < -0.3 is 24.6 Å². The molecule has 0 aliphatic heterocycles. The smallest absolute Gasteiger partial charge is 0.322 e. The van der Waals surface area contributed by atoms with Crippen LogP contribution >= 0.6 is 11.3 Å². The van der Waals surface area contributed by atoms with Crippen LogP contribution in [0.3, 0.4) is 0 Å². The Morgan fingerprint density at radius 1 is 0.902 bits per heavy atom. The van der Waals surface area contributed by atoms with E-state index in [9.17, 15) is 9.59 Å². The normalized spacial score (nSPS) is 13.5. The van der Waals surface area contributed by atoms with Gasteiger partial charge >= 0.3 is 6.03 Å². The Balaban J connectivity index is 1.53. The number of hydrogen-bond donors (Lipinski definition) is 1. The number of thiophene rings is 1. The largest absolute Gasteiger partial charge is 0.493 e. The molecule has 1 saturated carbocycles. The van der Waals surface area contributed by atoms with Crippen molar-refractivity contribution in [3.05, 3.63) is 75.0 Å². The van der Waals surface area contributed by atoms with Crippen LogP contribution in [0.4, 0.5) is 10.5 Å². The van der Waals surface area contributed by atoms with Gasteiger partial charge in [0.15, 0.2) is 11.5 Å². The number of anilines is 1. The summed E-state index contributed by atoms with van der Waals surface area (Å²) < 4.78 is 10.9. The van der Waals surface area contributed by atoms with Gasteiger partial charge in [0.1, 0.15) is 6.54 Å². The molecule has 1 aliphatic rings. The van der Waals surface area contributed by atoms with Gasteiger partial charge in [-0.3, -0.25) is 4.79 Å². The molecule has 0 bridgehead atoms. The van der Waals surface area contributed by atoms with Gasteiger partial charge in [-0.15, -0.1) is 11.3 Å². The lowest BCUT2D eigenvalue weighted by Gasteiger charge is -2.35. The van der Waals surface area contributed by atoms with Crippen LogP contribution in [-0.2, 0) is 17.8 Å². The van der Waals surface area contributed by atoms with Crippen LogP contribution in [0, 0.1) is 20.8 Å². The number of hydrogen-bond acceptors (Lipinski definition) is 5. The monoisotopic (exact) mass is 577 g/mol. The lowest BCUT2D eigenvalue weighted by atomic mass is 9.94. The number of rotatable bonds is 11. The highest BCUT2D eigenvalue weighted by Gasteiger charge is 2.29. The number of benzene rings is 2. The van der Waals surface area contributed by atoms with E-state index in [4.69, 9.17) is 9.47 Å². The van der Waals surface area contributed by atoms with Crippen LogP contribution in [0.5, 0.6) is 11.5 Å². The van der Waals surface area contributed by atoms with E-state index in [-0.39, 0.29) is 24.5 Å². The van der Waals surface area contributed by atoms with Gasteiger partial charge in [-0.25, -0.2) is 4.79 Å². The van der Waals surface area contributed by atoms with E-state index >= 15 is 0 Å². The van der Waals surface area contributed by atoms with Crippen LogP contribution < -0.4 is 14.8 Å². The van der Waals surface area contributed by atoms with Crippen LogP contribution in [-0.4, -0.2) is 55.1 Å². The van der Waals surface area contributed by atoms with E-state index in [0.717, 1.165) is 47.4 Å². The molecule has 41 heavy (non-hydrogen) atoms. The van der Waals surface area contributed by atoms with Crippen molar-refractivity contribution in [1.29, 1.82) is 0 Å². The summed E-state index contributed by atoms with van der Waals surface area (Å²) in [5, 5.41) is 3.08. The second-order valence-electron chi connectivity index (χ2n) is 10.9. The van der Waals surface area contributed by atoms with Gasteiger partial charge in [0.25, 0.3) is 0 Å². The maximum atomic E-state index is 14.0. The van der Waals surface area contributed by atoms with Crippen molar-refractivity contribution in [3.63, 3.8) is 0 Å². The molecule has 1 aromatic heterocycles. The van der Waals surface area contributed by atoms with Gasteiger partial charge in [-0.1, -0.05) is 31.4 Å². The lowest BCUT2D eigenvalue weighted by molar-refractivity contribution is -0.132. The molecule has 1 fully saturated rings. The molecule has 0 spiro atoms. The first kappa shape index (κ1) is 30.4. The Morgan fingerprint density at radius 3 is 2.32 bits per heavy atom. The van der Waals surface area contributed by atoms with Crippen molar-refractivity contribution in [3.8, 4) is 11.5 Å². The van der Waals surface area contributed by atoms with Crippen molar-refractivity contribution in [2.45, 2.75) is 71.9 Å². The van der Waals surface area contributed by atoms with Crippen LogP contribution in [0.2, 0.25) is 0 Å². The minimum Gasteiger partial charge on any atom is -0.493 e. The zero-order valence-corrected chi connectivity index (χ0v) is 25.8. The summed E-state index contributed by atoms with van der Waals surface area (Å²) in [7, 11) is 3.24. The van der Waals surface area contributed by atoms with Crippen LogP contribution in [0.15, 0.2) is 48.5 Å². The minimum atomic E-state index is -0.208. The highest BCUT2D eigenvalue weighted by atomic mass is 32.1. The second kappa shape index (κ2) is 14.4. The Hall–Kier alpha value is -3.52. The summed E-state index contributed by atoms with van der Waals surface area (Å²) >= 11 is 1.70. The molecule has 0 saturated heterocycles. The van der Waals surface area contributed by atoms with Crippen molar-refractivity contribution in [2.75, 3.05) is 32.6 Å². The van der Waals surface area contributed by atoms with Crippen molar-refractivity contribution >= 4 is 29.0 Å². The summed E-state index contributed by atoms with van der Waals surface area (Å²) in [5.74, 6) is 1.30. The van der Waals surface area contributed by atoms with E-state index in [1.165, 1.54) is 16.9 Å². The number of nitrogens with zero attached hydrogens (tertiary/aromatic N) is 2. The summed E-state index contributed by atoms with van der Waals surface area (Å²) in [4.78, 5) is 33.6. The van der Waals surface area contributed by atoms with Crippen LogP contribution in [0.25, 0.3) is 0 Å². The molecule has 0 radical (unpaired) electrons. The summed E-state index contributed by atoms with van der Waals surface area (Å²) in [6.07, 6.45) is 5.82. The summed E-state index contributed by atoms with van der Waals surface area (Å²) in [6.45, 7) is 7.27. The second-order valence-corrected chi connectivity index (χ2v) is 12.3. The summed E-state index contributed by atoms with van der Waals surface area (Å²) in [5.41, 5.74) is 4.11. The number of nitrogens with one attached hydrogen (secondary N) is 1. The van der Waals surface area contributed by atoms with Gasteiger partial charge in [-0.2, -0.15) is 0 Å². The average Bonchev–Trinajstić information content (AvgIpc) is 3.40. The molecule has 3 amide bonds. The fourth-order valence-electron chi connectivity index (χ4n) is 5.37. The predicted molar refractivity (Wildman–Crippen MR) is 166 cm³/mol. The minimum absolute atomic E-state index is 0.0441. The van der Waals surface area contributed by atoms with E-state index in [2.05, 4.69) is 31.3 Å². The zero-order valence-electron chi connectivity index (χ0n) is 25.0. The highest BCUT2D eigenvalue weighted by Crippen LogP contribution is 2.28. The fraction of sp³-hybridized carbons (Fsp3) is 0.455. The molecule has 4 rings (SSSR count). The number of urea groups is 1. The Bertz CT molecular complexity index is 1330. The zero-order chi connectivity index (χ0) is 29.4.